The molecule has 0 saturated heterocycles. The highest BCUT2D eigenvalue weighted by Crippen LogP contribution is 2.29. The van der Waals surface area contributed by atoms with Gasteiger partial charge >= 0.3 is 0 Å². The monoisotopic (exact) mass is 285 g/mol. The van der Waals surface area contributed by atoms with Crippen molar-refractivity contribution in [3.63, 3.8) is 0 Å². The molecule has 4 aromatic rings. The van der Waals surface area contributed by atoms with Crippen LogP contribution < -0.4 is 10.4 Å². The number of anilines is 2. The largest absolute Gasteiger partial charge is 0.329 e. The minimum Gasteiger partial charge on any atom is -0.329 e. The lowest BCUT2D eigenvalue weighted by atomic mass is 9.96. The molecule has 0 spiro atoms. The quantitative estimate of drug-likeness (QED) is 0.527. The van der Waals surface area contributed by atoms with Crippen molar-refractivity contribution in [2.24, 2.45) is 0 Å². The van der Waals surface area contributed by atoms with E-state index in [-0.39, 0.29) is 0 Å². The highest BCUT2D eigenvalue weighted by molar-refractivity contribution is 6.32. The van der Waals surface area contributed by atoms with E-state index in [1.807, 2.05) is 64.9 Å². The first-order chi connectivity index (χ1) is 10.7. The van der Waals surface area contributed by atoms with E-state index in [4.69, 9.17) is 7.85 Å². The van der Waals surface area contributed by atoms with E-state index in [0.717, 1.165) is 27.9 Å². The lowest BCUT2D eigenvalue weighted by molar-refractivity contribution is 1.08. The van der Waals surface area contributed by atoms with Gasteiger partial charge in [-0.15, -0.1) is 10.2 Å². The number of benzene rings is 2. The van der Waals surface area contributed by atoms with Gasteiger partial charge in [0, 0.05) is 18.1 Å². The lowest BCUT2D eigenvalue weighted by Crippen LogP contribution is -2.15. The van der Waals surface area contributed by atoms with Gasteiger partial charge in [-0.3, -0.25) is 4.40 Å². The molecule has 0 N–H and O–H groups in total. The summed E-state index contributed by atoms with van der Waals surface area (Å²) in [6.07, 6.45) is 1.68. The number of hydrogen-bond donors (Lipinski definition) is 0. The van der Waals surface area contributed by atoms with E-state index in [1.54, 1.807) is 6.33 Å². The summed E-state index contributed by atoms with van der Waals surface area (Å²) in [4.78, 5) is 6.65. The van der Waals surface area contributed by atoms with E-state index < -0.39 is 0 Å². The van der Waals surface area contributed by atoms with Crippen LogP contribution in [0.15, 0.2) is 54.9 Å². The normalized spacial score (nSPS) is 11.1. The van der Waals surface area contributed by atoms with Crippen LogP contribution in [0, 0.1) is 0 Å². The number of fused-ring (bicyclic) bond motifs is 3. The second-order valence-corrected chi connectivity index (χ2v) is 5.11. The van der Waals surface area contributed by atoms with E-state index in [1.165, 1.54) is 0 Å². The lowest BCUT2D eigenvalue weighted by Gasteiger charge is -2.20. The van der Waals surface area contributed by atoms with Crippen LogP contribution in [0.4, 0.5) is 11.5 Å². The predicted molar refractivity (Wildman–Crippen MR) is 88.2 cm³/mol. The molecule has 2 heterocycles. The summed E-state index contributed by atoms with van der Waals surface area (Å²) in [6.45, 7) is 0. The summed E-state index contributed by atoms with van der Waals surface area (Å²) in [7, 11) is 7.86. The molecule has 0 unspecified atom stereocenters. The van der Waals surface area contributed by atoms with Crippen LogP contribution in [0.25, 0.3) is 16.7 Å². The molecule has 4 rings (SSSR count). The molecule has 0 aliphatic rings. The van der Waals surface area contributed by atoms with Gasteiger partial charge in [0.15, 0.2) is 0 Å². The average Bonchev–Trinajstić information content (AvgIpc) is 3.02. The minimum absolute atomic E-state index is 0.574. The topological polar surface area (TPSA) is 46.3 Å². The van der Waals surface area contributed by atoms with E-state index >= 15 is 0 Å². The zero-order chi connectivity index (χ0) is 15.1. The van der Waals surface area contributed by atoms with Crippen molar-refractivity contribution in [1.82, 2.24) is 19.6 Å². The minimum atomic E-state index is 0.574. The molecule has 0 fully saturated rings. The molecule has 5 nitrogen and oxygen atoms in total. The summed E-state index contributed by atoms with van der Waals surface area (Å²) < 4.78 is 1.88. The number of hydrogen-bond acceptors (Lipinski definition) is 4. The number of para-hydroxylation sites is 1. The summed E-state index contributed by atoms with van der Waals surface area (Å²) in [5, 5.41) is 9.05. The van der Waals surface area contributed by atoms with E-state index in [0.29, 0.717) is 5.78 Å². The van der Waals surface area contributed by atoms with Gasteiger partial charge in [0.1, 0.15) is 20.0 Å². The highest BCUT2D eigenvalue weighted by atomic mass is 15.3. The molecule has 6 heteroatoms. The Kier molecular flexibility index (Phi) is 2.82. The molecule has 104 valence electrons. The van der Waals surface area contributed by atoms with Crippen molar-refractivity contribution in [2.45, 2.75) is 0 Å². The van der Waals surface area contributed by atoms with Crippen LogP contribution in [-0.2, 0) is 0 Å². The Bertz CT molecular complexity index is 979. The summed E-state index contributed by atoms with van der Waals surface area (Å²) in [5.41, 5.74) is 2.71. The fourth-order valence-corrected chi connectivity index (χ4v) is 2.61. The molecule has 0 saturated carbocycles. The Hall–Kier alpha value is -2.89. The zero-order valence-corrected chi connectivity index (χ0v) is 12.0. The van der Waals surface area contributed by atoms with Crippen LogP contribution in [0.5, 0.6) is 0 Å². The predicted octanol–water partition coefficient (Wildman–Crippen LogP) is 1.84. The van der Waals surface area contributed by atoms with Gasteiger partial charge in [-0.1, -0.05) is 29.7 Å². The second kappa shape index (κ2) is 4.84. The van der Waals surface area contributed by atoms with Crippen LogP contribution in [0.3, 0.4) is 0 Å². The first-order valence-electron chi connectivity index (χ1n) is 6.92. The van der Waals surface area contributed by atoms with Crippen molar-refractivity contribution in [3.8, 4) is 0 Å². The molecule has 2 radical (unpaired) electrons. The highest BCUT2D eigenvalue weighted by Gasteiger charge is 2.13. The van der Waals surface area contributed by atoms with Crippen molar-refractivity contribution in [2.75, 3.05) is 11.9 Å². The standard InChI is InChI=1S/C16H12BN5/c1-21(12-6-4-5-11(17)9-12)15-13-7-2-3-8-14(13)22-10-18-20-16(22)19-15/h2-10H,1H3. The van der Waals surface area contributed by atoms with Gasteiger partial charge in [0.05, 0.1) is 5.52 Å². The van der Waals surface area contributed by atoms with Crippen molar-refractivity contribution in [1.29, 1.82) is 0 Å². The van der Waals surface area contributed by atoms with Gasteiger partial charge in [0.25, 0.3) is 5.78 Å². The van der Waals surface area contributed by atoms with Gasteiger partial charge in [-0.25, -0.2) is 0 Å². The molecule has 22 heavy (non-hydrogen) atoms. The number of rotatable bonds is 2. The van der Waals surface area contributed by atoms with Gasteiger partial charge in [-0.05, 0) is 24.3 Å². The third-order valence-corrected chi connectivity index (χ3v) is 3.72. The molecule has 2 aromatic heterocycles. The van der Waals surface area contributed by atoms with Crippen molar-refractivity contribution < 1.29 is 0 Å². The summed E-state index contributed by atoms with van der Waals surface area (Å²) in [5.74, 6) is 1.39. The number of nitrogens with zero attached hydrogens (tertiary/aromatic N) is 5. The van der Waals surface area contributed by atoms with Crippen molar-refractivity contribution >= 4 is 41.5 Å². The van der Waals surface area contributed by atoms with Crippen LogP contribution in [-0.4, -0.2) is 34.5 Å². The van der Waals surface area contributed by atoms with Crippen LogP contribution >= 0.6 is 0 Å². The maximum atomic E-state index is 5.89. The fraction of sp³-hybridized carbons (Fsp3) is 0.0625. The molecule has 0 bridgehead atoms. The summed E-state index contributed by atoms with van der Waals surface area (Å²) >= 11 is 0. The maximum absolute atomic E-state index is 5.89. The Morgan fingerprint density at radius 1 is 1.09 bits per heavy atom. The first-order valence-corrected chi connectivity index (χ1v) is 6.92. The Morgan fingerprint density at radius 3 is 2.82 bits per heavy atom. The number of aromatic nitrogens is 4. The van der Waals surface area contributed by atoms with Crippen LogP contribution in [0.2, 0.25) is 0 Å². The average molecular weight is 285 g/mol. The third kappa shape index (κ3) is 1.92. The van der Waals surface area contributed by atoms with E-state index in [9.17, 15) is 0 Å². The zero-order valence-electron chi connectivity index (χ0n) is 12.0. The smallest absolute Gasteiger partial charge is 0.257 e. The first kappa shape index (κ1) is 12.8. The molecule has 0 aliphatic carbocycles. The molecular formula is C16H12BN5. The third-order valence-electron chi connectivity index (χ3n) is 3.72. The molecular weight excluding hydrogens is 273 g/mol. The Balaban J connectivity index is 2.00. The van der Waals surface area contributed by atoms with Gasteiger partial charge in [-0.2, -0.15) is 4.98 Å². The SMILES string of the molecule is [B]c1cccc(N(C)c2nc3nncn3c3ccccc23)c1. The van der Waals surface area contributed by atoms with Gasteiger partial charge in [0.2, 0.25) is 0 Å². The van der Waals surface area contributed by atoms with Crippen LogP contribution in [0.1, 0.15) is 0 Å². The van der Waals surface area contributed by atoms with Crippen molar-refractivity contribution in [3.05, 3.63) is 54.9 Å². The molecule has 0 atom stereocenters. The van der Waals surface area contributed by atoms with E-state index in [2.05, 4.69) is 15.2 Å². The van der Waals surface area contributed by atoms with Gasteiger partial charge < -0.3 is 4.90 Å². The second-order valence-electron chi connectivity index (χ2n) is 5.11. The Labute approximate surface area is 128 Å². The Morgan fingerprint density at radius 2 is 1.95 bits per heavy atom. The maximum Gasteiger partial charge on any atom is 0.257 e. The summed E-state index contributed by atoms with van der Waals surface area (Å²) in [6, 6.07) is 15.8. The molecule has 0 amide bonds. The molecule has 2 aromatic carbocycles. The fourth-order valence-electron chi connectivity index (χ4n) is 2.61. The molecule has 0 aliphatic heterocycles.